The Hall–Kier alpha value is -1.35. The summed E-state index contributed by atoms with van der Waals surface area (Å²) >= 11 is 0. The van der Waals surface area contributed by atoms with Gasteiger partial charge in [-0.3, -0.25) is 9.80 Å². The van der Waals surface area contributed by atoms with Crippen molar-refractivity contribution in [2.45, 2.75) is 40.2 Å². The Bertz CT molecular complexity index is 405. The first-order valence-corrected chi connectivity index (χ1v) is 5.40. The fraction of sp³-hybridized carbons (Fsp3) is 0.462. The predicted octanol–water partition coefficient (Wildman–Crippen LogP) is 2.42. The second kappa shape index (κ2) is 4.26. The fourth-order valence-electron chi connectivity index (χ4n) is 1.42. The molecule has 2 N–H and O–H groups in total. The van der Waals surface area contributed by atoms with Gasteiger partial charge in [-0.1, -0.05) is 12.1 Å². The molecular weight excluding hydrogens is 200 g/mol. The molecule has 0 bridgehead atoms. The van der Waals surface area contributed by atoms with Gasteiger partial charge < -0.3 is 0 Å². The molecule has 0 radical (unpaired) electrons. The number of hydrazine groups is 1. The molecule has 0 aromatic heterocycles. The Labute approximate surface area is 97.2 Å². The van der Waals surface area contributed by atoms with Gasteiger partial charge in [0.2, 0.25) is 0 Å². The molecular formula is C13H20N2O. The largest absolute Gasteiger partial charge is 0.271 e. The first-order chi connectivity index (χ1) is 7.25. The van der Waals surface area contributed by atoms with Gasteiger partial charge in [-0.15, -0.1) is 0 Å². The molecule has 16 heavy (non-hydrogen) atoms. The Morgan fingerprint density at radius 1 is 1.25 bits per heavy atom. The fourth-order valence-corrected chi connectivity index (χ4v) is 1.42. The zero-order valence-corrected chi connectivity index (χ0v) is 10.7. The summed E-state index contributed by atoms with van der Waals surface area (Å²) < 4.78 is 0. The SMILES string of the molecule is Cc1cccc(C(=O)N(N)C(C)(C)C)c1C. The molecule has 1 amide bonds. The van der Waals surface area contributed by atoms with E-state index in [0.717, 1.165) is 11.1 Å². The third kappa shape index (κ3) is 2.42. The maximum absolute atomic E-state index is 12.2. The summed E-state index contributed by atoms with van der Waals surface area (Å²) in [6, 6.07) is 5.69. The van der Waals surface area contributed by atoms with Gasteiger partial charge in [-0.05, 0) is 51.8 Å². The zero-order chi connectivity index (χ0) is 12.5. The van der Waals surface area contributed by atoms with Gasteiger partial charge in [0.1, 0.15) is 0 Å². The van der Waals surface area contributed by atoms with Gasteiger partial charge in [0.25, 0.3) is 5.91 Å². The third-order valence-electron chi connectivity index (χ3n) is 2.78. The van der Waals surface area contributed by atoms with Crippen LogP contribution in [0, 0.1) is 13.8 Å². The van der Waals surface area contributed by atoms with Gasteiger partial charge in [0, 0.05) is 5.56 Å². The highest BCUT2D eigenvalue weighted by molar-refractivity contribution is 5.96. The molecule has 0 aliphatic rings. The van der Waals surface area contributed by atoms with E-state index in [9.17, 15) is 4.79 Å². The summed E-state index contributed by atoms with van der Waals surface area (Å²) in [4.78, 5) is 12.2. The van der Waals surface area contributed by atoms with Crippen LogP contribution in [0.4, 0.5) is 0 Å². The lowest BCUT2D eigenvalue weighted by Crippen LogP contribution is -2.50. The van der Waals surface area contributed by atoms with Crippen molar-refractivity contribution in [3.8, 4) is 0 Å². The number of rotatable bonds is 1. The van der Waals surface area contributed by atoms with Crippen molar-refractivity contribution < 1.29 is 4.79 Å². The number of nitrogens with zero attached hydrogens (tertiary/aromatic N) is 1. The lowest BCUT2D eigenvalue weighted by Gasteiger charge is -2.31. The summed E-state index contributed by atoms with van der Waals surface area (Å²) in [5.41, 5.74) is 2.41. The highest BCUT2D eigenvalue weighted by Gasteiger charge is 2.25. The minimum absolute atomic E-state index is 0.131. The Morgan fingerprint density at radius 2 is 1.81 bits per heavy atom. The van der Waals surface area contributed by atoms with Crippen LogP contribution in [0.3, 0.4) is 0 Å². The summed E-state index contributed by atoms with van der Waals surface area (Å²) in [5.74, 6) is 5.70. The van der Waals surface area contributed by atoms with Crippen LogP contribution in [-0.4, -0.2) is 16.5 Å². The van der Waals surface area contributed by atoms with E-state index in [0.29, 0.717) is 5.56 Å². The molecule has 1 aromatic carbocycles. The highest BCUT2D eigenvalue weighted by atomic mass is 16.2. The molecule has 0 atom stereocenters. The van der Waals surface area contributed by atoms with Crippen molar-refractivity contribution in [1.29, 1.82) is 0 Å². The number of benzene rings is 1. The minimum Gasteiger partial charge on any atom is -0.271 e. The molecule has 3 nitrogen and oxygen atoms in total. The highest BCUT2D eigenvalue weighted by Crippen LogP contribution is 2.17. The summed E-state index contributed by atoms with van der Waals surface area (Å²) in [6.07, 6.45) is 0. The van der Waals surface area contributed by atoms with E-state index in [-0.39, 0.29) is 11.4 Å². The van der Waals surface area contributed by atoms with Crippen LogP contribution >= 0.6 is 0 Å². The van der Waals surface area contributed by atoms with E-state index >= 15 is 0 Å². The molecule has 3 heteroatoms. The Morgan fingerprint density at radius 3 is 2.31 bits per heavy atom. The van der Waals surface area contributed by atoms with E-state index in [4.69, 9.17) is 5.84 Å². The molecule has 0 saturated heterocycles. The van der Waals surface area contributed by atoms with Gasteiger partial charge in [-0.2, -0.15) is 0 Å². The zero-order valence-electron chi connectivity index (χ0n) is 10.7. The number of aryl methyl sites for hydroxylation is 1. The molecule has 0 aliphatic heterocycles. The molecule has 1 rings (SSSR count). The van der Waals surface area contributed by atoms with Crippen LogP contribution in [-0.2, 0) is 0 Å². The summed E-state index contributed by atoms with van der Waals surface area (Å²) in [6.45, 7) is 9.67. The van der Waals surface area contributed by atoms with Crippen molar-refractivity contribution in [1.82, 2.24) is 5.01 Å². The molecule has 0 aliphatic carbocycles. The van der Waals surface area contributed by atoms with E-state index in [2.05, 4.69) is 0 Å². The Balaban J connectivity index is 3.11. The topological polar surface area (TPSA) is 46.3 Å². The lowest BCUT2D eigenvalue weighted by molar-refractivity contribution is 0.0581. The molecule has 88 valence electrons. The third-order valence-corrected chi connectivity index (χ3v) is 2.78. The number of hydrogen-bond acceptors (Lipinski definition) is 2. The van der Waals surface area contributed by atoms with Crippen molar-refractivity contribution in [3.05, 3.63) is 34.9 Å². The number of amides is 1. The summed E-state index contributed by atoms with van der Waals surface area (Å²) in [5, 5.41) is 1.29. The molecule has 0 fully saturated rings. The Kier molecular flexibility index (Phi) is 3.38. The van der Waals surface area contributed by atoms with Crippen LogP contribution < -0.4 is 5.84 Å². The maximum Gasteiger partial charge on any atom is 0.268 e. The van der Waals surface area contributed by atoms with Gasteiger partial charge >= 0.3 is 0 Å². The maximum atomic E-state index is 12.2. The average Bonchev–Trinajstić information content (AvgIpc) is 2.18. The molecule has 0 heterocycles. The smallest absolute Gasteiger partial charge is 0.268 e. The molecule has 0 saturated carbocycles. The molecule has 0 unspecified atom stereocenters. The van der Waals surface area contributed by atoms with Crippen molar-refractivity contribution in [2.24, 2.45) is 5.84 Å². The standard InChI is InChI=1S/C13H20N2O/c1-9-7-6-8-11(10(9)2)12(16)15(14)13(3,4)5/h6-8H,14H2,1-5H3. The van der Waals surface area contributed by atoms with Gasteiger partial charge in [-0.25, -0.2) is 5.84 Å². The first-order valence-electron chi connectivity index (χ1n) is 5.40. The monoisotopic (exact) mass is 220 g/mol. The van der Waals surface area contributed by atoms with Gasteiger partial charge in [0.05, 0.1) is 5.54 Å². The van der Waals surface area contributed by atoms with Crippen molar-refractivity contribution in [3.63, 3.8) is 0 Å². The van der Waals surface area contributed by atoms with Crippen LogP contribution in [0.5, 0.6) is 0 Å². The normalized spacial score (nSPS) is 11.4. The first kappa shape index (κ1) is 12.7. The minimum atomic E-state index is -0.368. The quantitative estimate of drug-likeness (QED) is 0.449. The van der Waals surface area contributed by atoms with E-state index in [1.54, 1.807) is 0 Å². The molecule has 0 spiro atoms. The van der Waals surface area contributed by atoms with Crippen molar-refractivity contribution in [2.75, 3.05) is 0 Å². The number of nitrogens with two attached hydrogens (primary N) is 1. The molecule has 1 aromatic rings. The number of carbonyl (C=O) groups excluding carboxylic acids is 1. The van der Waals surface area contributed by atoms with Crippen LogP contribution in [0.15, 0.2) is 18.2 Å². The van der Waals surface area contributed by atoms with Gasteiger partial charge in [0.15, 0.2) is 0 Å². The number of carbonyl (C=O) groups is 1. The van der Waals surface area contributed by atoms with Crippen LogP contribution in [0.2, 0.25) is 0 Å². The van der Waals surface area contributed by atoms with E-state index in [1.807, 2.05) is 52.8 Å². The summed E-state index contributed by atoms with van der Waals surface area (Å²) in [7, 11) is 0. The van der Waals surface area contributed by atoms with Crippen molar-refractivity contribution >= 4 is 5.91 Å². The number of hydrogen-bond donors (Lipinski definition) is 1. The lowest BCUT2D eigenvalue weighted by atomic mass is 10.0. The average molecular weight is 220 g/mol. The van der Waals surface area contributed by atoms with E-state index < -0.39 is 0 Å². The van der Waals surface area contributed by atoms with E-state index in [1.165, 1.54) is 5.01 Å². The second-order valence-corrected chi connectivity index (χ2v) is 5.09. The van der Waals surface area contributed by atoms with Crippen LogP contribution in [0.25, 0.3) is 0 Å². The van der Waals surface area contributed by atoms with Crippen LogP contribution in [0.1, 0.15) is 42.3 Å². The second-order valence-electron chi connectivity index (χ2n) is 5.09. The predicted molar refractivity (Wildman–Crippen MR) is 66.0 cm³/mol.